The number of fused-ring (bicyclic) bond motifs is 1. The van der Waals surface area contributed by atoms with Crippen molar-refractivity contribution in [2.24, 2.45) is 0 Å². The molecule has 0 amide bonds. The third-order valence-electron chi connectivity index (χ3n) is 4.25. The van der Waals surface area contributed by atoms with Gasteiger partial charge in [0, 0.05) is 16.6 Å². The fourth-order valence-corrected chi connectivity index (χ4v) is 2.96. The molecule has 0 aliphatic carbocycles. The highest BCUT2D eigenvalue weighted by atomic mass is 35.5. The minimum atomic E-state index is -4.38. The number of rotatable bonds is 3. The van der Waals surface area contributed by atoms with Crippen molar-refractivity contribution in [1.82, 2.24) is 4.98 Å². The fourth-order valence-electron chi connectivity index (χ4n) is 2.96. The minimum Gasteiger partial charge on any atom is -0.355 e. The van der Waals surface area contributed by atoms with E-state index in [1.807, 2.05) is 60.7 Å². The lowest BCUT2D eigenvalue weighted by atomic mass is 10.1. The summed E-state index contributed by atoms with van der Waals surface area (Å²) < 4.78 is 39.0. The molecule has 0 saturated heterocycles. The van der Waals surface area contributed by atoms with E-state index in [0.29, 0.717) is 11.4 Å². The molecule has 0 fully saturated rings. The monoisotopic (exact) mass is 400 g/mol. The normalized spacial score (nSPS) is 11.1. The second-order valence-corrected chi connectivity index (χ2v) is 6.14. The third-order valence-corrected chi connectivity index (χ3v) is 4.25. The van der Waals surface area contributed by atoms with Gasteiger partial charge in [-0.15, -0.1) is 12.4 Å². The van der Waals surface area contributed by atoms with Crippen LogP contribution in [0.1, 0.15) is 5.56 Å². The van der Waals surface area contributed by atoms with E-state index in [0.717, 1.165) is 34.3 Å². The number of nitrogens with one attached hydrogen (secondary N) is 1. The molecule has 0 bridgehead atoms. The lowest BCUT2D eigenvalue weighted by molar-refractivity contribution is -0.137. The molecule has 3 aromatic carbocycles. The van der Waals surface area contributed by atoms with Gasteiger partial charge in [-0.25, -0.2) is 4.98 Å². The van der Waals surface area contributed by atoms with Gasteiger partial charge in [0.1, 0.15) is 0 Å². The molecule has 1 N–H and O–H groups in total. The summed E-state index contributed by atoms with van der Waals surface area (Å²) in [6, 6.07) is 24.3. The number of para-hydroxylation sites is 1. The summed E-state index contributed by atoms with van der Waals surface area (Å²) >= 11 is 0. The average molecular weight is 401 g/mol. The van der Waals surface area contributed by atoms with Crippen molar-refractivity contribution in [2.45, 2.75) is 6.18 Å². The summed E-state index contributed by atoms with van der Waals surface area (Å²) in [6.45, 7) is 0. The van der Waals surface area contributed by atoms with Crippen LogP contribution < -0.4 is 5.32 Å². The standard InChI is InChI=1S/C22H15F3N2.ClH/c23-22(24,25)16-9-6-10-17(13-16)26-21-14-20(15-7-2-1-3-8-15)27-19-12-5-4-11-18(19)21;/h1-14H,(H,26,27);1H. The molecule has 0 radical (unpaired) electrons. The molecule has 28 heavy (non-hydrogen) atoms. The molecule has 0 aliphatic heterocycles. The number of hydrogen-bond donors (Lipinski definition) is 1. The van der Waals surface area contributed by atoms with Crippen LogP contribution in [0.5, 0.6) is 0 Å². The smallest absolute Gasteiger partial charge is 0.355 e. The van der Waals surface area contributed by atoms with Crippen LogP contribution >= 0.6 is 12.4 Å². The summed E-state index contributed by atoms with van der Waals surface area (Å²) in [5.41, 5.74) is 2.86. The number of aromatic nitrogens is 1. The first kappa shape index (κ1) is 19.7. The van der Waals surface area contributed by atoms with E-state index in [4.69, 9.17) is 0 Å². The molecule has 0 aliphatic rings. The van der Waals surface area contributed by atoms with Gasteiger partial charge in [-0.3, -0.25) is 0 Å². The number of alkyl halides is 3. The Morgan fingerprint density at radius 1 is 0.750 bits per heavy atom. The Morgan fingerprint density at radius 2 is 1.46 bits per heavy atom. The first-order valence-electron chi connectivity index (χ1n) is 8.40. The lowest BCUT2D eigenvalue weighted by Crippen LogP contribution is -2.05. The number of benzene rings is 3. The van der Waals surface area contributed by atoms with Crippen LogP contribution in [0.2, 0.25) is 0 Å². The first-order valence-corrected chi connectivity index (χ1v) is 8.40. The van der Waals surface area contributed by atoms with Gasteiger partial charge in [0.05, 0.1) is 22.5 Å². The SMILES string of the molecule is Cl.FC(F)(F)c1cccc(Nc2cc(-c3ccccc3)nc3ccccc23)c1. The molecule has 0 saturated carbocycles. The van der Waals surface area contributed by atoms with E-state index in [9.17, 15) is 13.2 Å². The summed E-state index contributed by atoms with van der Waals surface area (Å²) in [5.74, 6) is 0. The third kappa shape index (κ3) is 4.10. The average Bonchev–Trinajstić information content (AvgIpc) is 2.68. The van der Waals surface area contributed by atoms with E-state index >= 15 is 0 Å². The van der Waals surface area contributed by atoms with Crippen LogP contribution in [0.25, 0.3) is 22.2 Å². The Labute approximate surface area is 166 Å². The highest BCUT2D eigenvalue weighted by Gasteiger charge is 2.30. The Morgan fingerprint density at radius 3 is 2.21 bits per heavy atom. The Bertz CT molecular complexity index is 1100. The van der Waals surface area contributed by atoms with Crippen LogP contribution in [0.3, 0.4) is 0 Å². The molecule has 6 heteroatoms. The molecule has 4 aromatic rings. The molecule has 0 unspecified atom stereocenters. The van der Waals surface area contributed by atoms with E-state index in [2.05, 4.69) is 10.3 Å². The van der Waals surface area contributed by atoms with Crippen LogP contribution in [-0.4, -0.2) is 4.98 Å². The molecular formula is C22H16ClF3N2. The van der Waals surface area contributed by atoms with Crippen LogP contribution in [-0.2, 0) is 6.18 Å². The van der Waals surface area contributed by atoms with Crippen LogP contribution in [0.15, 0.2) is 84.9 Å². The highest BCUT2D eigenvalue weighted by molar-refractivity contribution is 5.95. The van der Waals surface area contributed by atoms with Crippen molar-refractivity contribution < 1.29 is 13.2 Å². The largest absolute Gasteiger partial charge is 0.416 e. The Kier molecular flexibility index (Phi) is 5.56. The maximum atomic E-state index is 13.0. The molecule has 142 valence electrons. The highest BCUT2D eigenvalue weighted by Crippen LogP contribution is 2.34. The van der Waals surface area contributed by atoms with Crippen molar-refractivity contribution in [3.05, 3.63) is 90.5 Å². The van der Waals surface area contributed by atoms with Gasteiger partial charge in [0.25, 0.3) is 0 Å². The van der Waals surface area contributed by atoms with Crippen molar-refractivity contribution in [3.8, 4) is 11.3 Å². The molecule has 1 aromatic heterocycles. The predicted octanol–water partition coefficient (Wildman–Crippen LogP) is 7.09. The Hall–Kier alpha value is -3.05. The van der Waals surface area contributed by atoms with Gasteiger partial charge >= 0.3 is 6.18 Å². The number of anilines is 2. The van der Waals surface area contributed by atoms with Gasteiger partial charge < -0.3 is 5.32 Å². The summed E-state index contributed by atoms with van der Waals surface area (Å²) in [7, 11) is 0. The number of hydrogen-bond acceptors (Lipinski definition) is 2. The van der Waals surface area contributed by atoms with Gasteiger partial charge in [0.2, 0.25) is 0 Å². The number of halogens is 4. The van der Waals surface area contributed by atoms with E-state index in [1.54, 1.807) is 6.07 Å². The lowest BCUT2D eigenvalue weighted by Gasteiger charge is -2.14. The molecule has 0 atom stereocenters. The van der Waals surface area contributed by atoms with Crippen LogP contribution in [0.4, 0.5) is 24.5 Å². The van der Waals surface area contributed by atoms with Crippen molar-refractivity contribution >= 4 is 34.7 Å². The van der Waals surface area contributed by atoms with Crippen molar-refractivity contribution in [3.63, 3.8) is 0 Å². The predicted molar refractivity (Wildman–Crippen MR) is 109 cm³/mol. The van der Waals surface area contributed by atoms with Crippen molar-refractivity contribution in [2.75, 3.05) is 5.32 Å². The van der Waals surface area contributed by atoms with E-state index in [1.165, 1.54) is 6.07 Å². The van der Waals surface area contributed by atoms with Crippen molar-refractivity contribution in [1.29, 1.82) is 0 Å². The zero-order chi connectivity index (χ0) is 18.9. The number of pyridine rings is 1. The summed E-state index contributed by atoms with van der Waals surface area (Å²) in [6.07, 6.45) is -4.38. The van der Waals surface area contributed by atoms with E-state index in [-0.39, 0.29) is 12.4 Å². The van der Waals surface area contributed by atoms with Gasteiger partial charge in [-0.1, -0.05) is 54.6 Å². The summed E-state index contributed by atoms with van der Waals surface area (Å²) in [4.78, 5) is 4.68. The van der Waals surface area contributed by atoms with E-state index < -0.39 is 11.7 Å². The number of nitrogens with zero attached hydrogens (tertiary/aromatic N) is 1. The Balaban J connectivity index is 0.00000225. The zero-order valence-electron chi connectivity index (χ0n) is 14.6. The minimum absolute atomic E-state index is 0. The quantitative estimate of drug-likeness (QED) is 0.397. The zero-order valence-corrected chi connectivity index (χ0v) is 15.4. The molecular weight excluding hydrogens is 385 g/mol. The fraction of sp³-hybridized carbons (Fsp3) is 0.0455. The maximum absolute atomic E-state index is 13.0. The van der Waals surface area contributed by atoms with Gasteiger partial charge in [0.15, 0.2) is 0 Å². The van der Waals surface area contributed by atoms with Crippen LogP contribution in [0, 0.1) is 0 Å². The second-order valence-electron chi connectivity index (χ2n) is 6.14. The second kappa shape index (κ2) is 7.90. The molecule has 2 nitrogen and oxygen atoms in total. The van der Waals surface area contributed by atoms with Gasteiger partial charge in [-0.05, 0) is 30.3 Å². The molecule has 4 rings (SSSR count). The molecule has 1 heterocycles. The summed E-state index contributed by atoms with van der Waals surface area (Å²) in [5, 5.41) is 3.97. The maximum Gasteiger partial charge on any atom is 0.416 e. The molecule has 0 spiro atoms. The first-order chi connectivity index (χ1) is 13.0. The topological polar surface area (TPSA) is 24.9 Å². The van der Waals surface area contributed by atoms with Gasteiger partial charge in [-0.2, -0.15) is 13.2 Å².